The highest BCUT2D eigenvalue weighted by Gasteiger charge is 2.25. The summed E-state index contributed by atoms with van der Waals surface area (Å²) >= 11 is 12.4. The van der Waals surface area contributed by atoms with Gasteiger partial charge >= 0.3 is 0 Å². The van der Waals surface area contributed by atoms with Crippen LogP contribution < -0.4 is 10.7 Å². The van der Waals surface area contributed by atoms with E-state index in [2.05, 4.69) is 26.2 Å². The van der Waals surface area contributed by atoms with E-state index in [0.717, 1.165) is 62.9 Å². The average Bonchev–Trinajstić information content (AvgIpc) is 3.67. The lowest BCUT2D eigenvalue weighted by molar-refractivity contribution is 0.0743. The molecular weight excluding hydrogens is 549 g/mol. The normalized spacial score (nSPS) is 17.7. The number of nitrogens with zero attached hydrogens (tertiary/aromatic N) is 7. The van der Waals surface area contributed by atoms with Gasteiger partial charge in [-0.25, -0.2) is 15.0 Å². The fourth-order valence-corrected chi connectivity index (χ4v) is 5.34. The average molecular weight is 579 g/mol. The minimum atomic E-state index is -0.319. The Morgan fingerprint density at radius 3 is 2.17 bits per heavy atom. The highest BCUT2D eigenvalue weighted by atomic mass is 35.5. The van der Waals surface area contributed by atoms with Gasteiger partial charge < -0.3 is 5.32 Å². The summed E-state index contributed by atoms with van der Waals surface area (Å²) in [6, 6.07) is 14.8. The summed E-state index contributed by atoms with van der Waals surface area (Å²) in [7, 11) is 0. The van der Waals surface area contributed by atoms with Gasteiger partial charge in [-0.3, -0.25) is 10.2 Å². The first-order chi connectivity index (χ1) is 19.5. The Bertz CT molecular complexity index is 1480. The number of hydrogen-bond donors (Lipinski definition) is 2. The second kappa shape index (κ2) is 12.0. The number of carbonyl (C=O) groups is 1. The third-order valence-electron chi connectivity index (χ3n) is 7.17. The zero-order valence-corrected chi connectivity index (χ0v) is 23.4. The Morgan fingerprint density at radius 2 is 1.55 bits per heavy atom. The van der Waals surface area contributed by atoms with E-state index in [4.69, 9.17) is 33.2 Å². The van der Waals surface area contributed by atoms with Crippen LogP contribution in [0.15, 0.2) is 48.5 Å². The minimum Gasteiger partial charge on any atom is -0.307 e. The van der Waals surface area contributed by atoms with Crippen LogP contribution >= 0.6 is 23.2 Å². The molecule has 10 nitrogen and oxygen atoms in total. The summed E-state index contributed by atoms with van der Waals surface area (Å²) in [4.78, 5) is 25.1. The Hall–Kier alpha value is -3.44. The van der Waals surface area contributed by atoms with Crippen LogP contribution in [0.4, 0.5) is 0 Å². The Kier molecular flexibility index (Phi) is 8.01. The summed E-state index contributed by atoms with van der Waals surface area (Å²) in [5.74, 6) is 0.320. The monoisotopic (exact) mass is 577 g/mol. The van der Waals surface area contributed by atoms with Gasteiger partial charge in [0, 0.05) is 34.3 Å². The van der Waals surface area contributed by atoms with Gasteiger partial charge in [0.05, 0.1) is 23.1 Å². The minimum absolute atomic E-state index is 0.0820. The van der Waals surface area contributed by atoms with Crippen molar-refractivity contribution in [2.75, 3.05) is 19.6 Å². The molecule has 2 aliphatic heterocycles. The zero-order valence-electron chi connectivity index (χ0n) is 21.9. The predicted octanol–water partition coefficient (Wildman–Crippen LogP) is 4.71. The number of hydrogen-bond acceptors (Lipinski definition) is 8. The van der Waals surface area contributed by atoms with Gasteiger partial charge in [-0.2, -0.15) is 4.80 Å². The van der Waals surface area contributed by atoms with Crippen molar-refractivity contribution in [3.05, 3.63) is 75.8 Å². The number of piperidine rings is 1. The molecule has 206 valence electrons. The van der Waals surface area contributed by atoms with Crippen molar-refractivity contribution in [2.24, 2.45) is 0 Å². The molecule has 0 radical (unpaired) electrons. The Labute approximate surface area is 242 Å². The van der Waals surface area contributed by atoms with Gasteiger partial charge in [-0.15, -0.1) is 10.2 Å². The van der Waals surface area contributed by atoms with Gasteiger partial charge in [0.2, 0.25) is 0 Å². The van der Waals surface area contributed by atoms with Crippen LogP contribution in [-0.4, -0.2) is 60.7 Å². The number of carbonyl (C=O) groups excluding carboxylic acids is 1. The van der Waals surface area contributed by atoms with E-state index < -0.39 is 0 Å². The Balaban J connectivity index is 1.44. The molecule has 1 amide bonds. The van der Waals surface area contributed by atoms with E-state index >= 15 is 0 Å². The molecule has 0 aliphatic carbocycles. The SMILES string of the molecule is O=C(NN1CCCCC1)c1nc(-c2ccc(Cl)cc2)c(-c2ccc(Cl)cc2)nc1Cn1nnc(C2CCCN2)n1. The third kappa shape index (κ3) is 6.00. The van der Waals surface area contributed by atoms with Crippen LogP contribution in [0.1, 0.15) is 60.2 Å². The molecule has 0 saturated carbocycles. The lowest BCUT2D eigenvalue weighted by atomic mass is 10.0. The molecule has 2 aromatic carbocycles. The maximum Gasteiger partial charge on any atom is 0.286 e. The molecule has 12 heteroatoms. The first-order valence-corrected chi connectivity index (χ1v) is 14.3. The lowest BCUT2D eigenvalue weighted by Gasteiger charge is -2.27. The lowest BCUT2D eigenvalue weighted by Crippen LogP contribution is -2.45. The van der Waals surface area contributed by atoms with E-state index in [9.17, 15) is 4.79 Å². The van der Waals surface area contributed by atoms with Crippen molar-refractivity contribution < 1.29 is 4.79 Å². The van der Waals surface area contributed by atoms with Crippen molar-refractivity contribution in [2.45, 2.75) is 44.7 Å². The van der Waals surface area contributed by atoms with Gasteiger partial charge in [-0.05, 0) is 61.7 Å². The number of hydrazine groups is 1. The molecule has 0 bridgehead atoms. The molecule has 0 spiro atoms. The van der Waals surface area contributed by atoms with Crippen LogP contribution in [0.3, 0.4) is 0 Å². The summed E-state index contributed by atoms with van der Waals surface area (Å²) in [5, 5.41) is 19.7. The number of nitrogens with one attached hydrogen (secondary N) is 2. The second-order valence-electron chi connectivity index (χ2n) is 10.0. The number of tetrazole rings is 1. The number of rotatable bonds is 7. The Morgan fingerprint density at radius 1 is 0.900 bits per heavy atom. The molecule has 2 saturated heterocycles. The molecule has 2 aliphatic rings. The van der Waals surface area contributed by atoms with E-state index in [-0.39, 0.29) is 24.2 Å². The molecule has 1 atom stereocenters. The van der Waals surface area contributed by atoms with Crippen LogP contribution in [0.2, 0.25) is 10.0 Å². The molecular formula is C28H29Cl2N9O. The number of halogens is 2. The highest BCUT2D eigenvalue weighted by Crippen LogP contribution is 2.32. The van der Waals surface area contributed by atoms with Gasteiger partial charge in [0.1, 0.15) is 6.54 Å². The molecule has 1 unspecified atom stereocenters. The fourth-order valence-electron chi connectivity index (χ4n) is 5.08. The summed E-state index contributed by atoms with van der Waals surface area (Å²) in [5.41, 5.74) is 6.48. The van der Waals surface area contributed by atoms with Crippen LogP contribution in [0.25, 0.3) is 22.5 Å². The number of amides is 1. The van der Waals surface area contributed by atoms with Gasteiger partial charge in [0.15, 0.2) is 11.5 Å². The summed E-state index contributed by atoms with van der Waals surface area (Å²) in [6.45, 7) is 2.66. The van der Waals surface area contributed by atoms with Crippen molar-refractivity contribution in [1.82, 2.24) is 45.9 Å². The molecule has 2 aromatic heterocycles. The zero-order chi connectivity index (χ0) is 27.5. The van der Waals surface area contributed by atoms with Crippen molar-refractivity contribution >= 4 is 29.1 Å². The summed E-state index contributed by atoms with van der Waals surface area (Å²) in [6.07, 6.45) is 5.26. The second-order valence-corrected chi connectivity index (χ2v) is 10.9. The van der Waals surface area contributed by atoms with Crippen LogP contribution in [0.5, 0.6) is 0 Å². The molecule has 4 aromatic rings. The van der Waals surface area contributed by atoms with Crippen molar-refractivity contribution in [3.8, 4) is 22.5 Å². The van der Waals surface area contributed by atoms with E-state index in [0.29, 0.717) is 33.0 Å². The smallest absolute Gasteiger partial charge is 0.286 e. The van der Waals surface area contributed by atoms with Gasteiger partial charge in [-0.1, -0.05) is 53.9 Å². The molecule has 4 heterocycles. The standard InChI is InChI=1S/C28H29Cl2N9O/c29-20-10-6-18(7-11-20)24-25(19-8-12-21(30)13-9-19)33-26(28(40)36-38-15-2-1-3-16-38)23(32-24)17-39-35-27(34-37-39)22-5-4-14-31-22/h6-13,22,31H,1-5,14-17H2,(H,36,40). The molecule has 40 heavy (non-hydrogen) atoms. The van der Waals surface area contributed by atoms with Crippen LogP contribution in [0, 0.1) is 0 Å². The molecule has 2 N–H and O–H groups in total. The van der Waals surface area contributed by atoms with E-state index in [1.165, 1.54) is 4.80 Å². The maximum absolute atomic E-state index is 13.7. The summed E-state index contributed by atoms with van der Waals surface area (Å²) < 4.78 is 0. The van der Waals surface area contributed by atoms with E-state index in [1.807, 2.05) is 29.3 Å². The predicted molar refractivity (Wildman–Crippen MR) is 153 cm³/mol. The number of aromatic nitrogens is 6. The quantitative estimate of drug-likeness (QED) is 0.324. The van der Waals surface area contributed by atoms with Crippen molar-refractivity contribution in [1.29, 1.82) is 0 Å². The first-order valence-electron chi connectivity index (χ1n) is 13.5. The topological polar surface area (TPSA) is 114 Å². The largest absolute Gasteiger partial charge is 0.307 e. The first kappa shape index (κ1) is 26.8. The molecule has 2 fully saturated rings. The fraction of sp³-hybridized carbons (Fsp3) is 0.357. The van der Waals surface area contributed by atoms with Crippen molar-refractivity contribution in [3.63, 3.8) is 0 Å². The van der Waals surface area contributed by atoms with Crippen LogP contribution in [-0.2, 0) is 6.54 Å². The molecule has 6 rings (SSSR count). The van der Waals surface area contributed by atoms with E-state index in [1.54, 1.807) is 24.3 Å². The highest BCUT2D eigenvalue weighted by molar-refractivity contribution is 6.31. The number of benzene rings is 2. The third-order valence-corrected chi connectivity index (χ3v) is 7.67. The maximum atomic E-state index is 13.7. The van der Waals surface area contributed by atoms with Gasteiger partial charge in [0.25, 0.3) is 5.91 Å².